The van der Waals surface area contributed by atoms with Crippen LogP contribution in [-0.4, -0.2) is 18.1 Å². The Morgan fingerprint density at radius 2 is 2.12 bits per heavy atom. The van der Waals surface area contributed by atoms with Crippen LogP contribution in [0.4, 0.5) is 0 Å². The number of nitrogens with one attached hydrogen (secondary N) is 1. The molecular weight excluding hydrogens is 332 g/mol. The number of aryl methyl sites for hydroxylation is 1. The molecule has 0 radical (unpaired) electrons. The standard InChI is InChI=1S/C17H15ClN2O4/c1-8-6-11-13(16(21)20-8)12(9-4-3-5-10(18)7-9)14(15(19)24-11)17(22)23-2/h3-7,12H,19H2,1-2H3,(H,20,21)/t12-/m1/s1. The van der Waals surface area contributed by atoms with Gasteiger partial charge in [-0.05, 0) is 24.6 Å². The number of benzene rings is 1. The molecule has 24 heavy (non-hydrogen) atoms. The van der Waals surface area contributed by atoms with Crippen molar-refractivity contribution >= 4 is 17.6 Å². The first kappa shape index (κ1) is 16.1. The summed E-state index contributed by atoms with van der Waals surface area (Å²) in [4.78, 5) is 27.5. The summed E-state index contributed by atoms with van der Waals surface area (Å²) in [5.74, 6) is -1.18. The molecule has 0 bridgehead atoms. The van der Waals surface area contributed by atoms with Gasteiger partial charge in [0.05, 0.1) is 18.6 Å². The van der Waals surface area contributed by atoms with E-state index < -0.39 is 11.9 Å². The number of nitrogens with two attached hydrogens (primary N) is 1. The average molecular weight is 347 g/mol. The number of carbonyl (C=O) groups excluding carboxylic acids is 1. The van der Waals surface area contributed by atoms with Crippen molar-refractivity contribution in [1.82, 2.24) is 4.98 Å². The lowest BCUT2D eigenvalue weighted by Gasteiger charge is -2.27. The zero-order valence-electron chi connectivity index (χ0n) is 13.1. The SMILES string of the molecule is COC(=O)C1=C(N)Oc2cc(C)[nH]c(=O)c2[C@H]1c1cccc(Cl)c1. The second-order valence-corrected chi connectivity index (χ2v) is 5.86. The van der Waals surface area contributed by atoms with Crippen LogP contribution in [0.1, 0.15) is 22.7 Å². The van der Waals surface area contributed by atoms with Crippen molar-refractivity contribution < 1.29 is 14.3 Å². The molecule has 1 aliphatic rings. The monoisotopic (exact) mass is 346 g/mol. The fourth-order valence-electron chi connectivity index (χ4n) is 2.83. The van der Waals surface area contributed by atoms with E-state index in [1.165, 1.54) is 7.11 Å². The van der Waals surface area contributed by atoms with E-state index in [1.54, 1.807) is 37.3 Å². The highest BCUT2D eigenvalue weighted by molar-refractivity contribution is 6.30. The number of ether oxygens (including phenoxy) is 2. The quantitative estimate of drug-likeness (QED) is 0.813. The van der Waals surface area contributed by atoms with Crippen LogP contribution in [0.2, 0.25) is 5.02 Å². The number of halogens is 1. The lowest BCUT2D eigenvalue weighted by Crippen LogP contribution is -2.31. The molecule has 0 spiro atoms. The van der Waals surface area contributed by atoms with E-state index in [-0.39, 0.29) is 22.6 Å². The lowest BCUT2D eigenvalue weighted by molar-refractivity contribution is -0.136. The molecule has 1 aromatic carbocycles. The predicted molar refractivity (Wildman–Crippen MR) is 89.0 cm³/mol. The van der Waals surface area contributed by atoms with Crippen LogP contribution in [0.25, 0.3) is 0 Å². The van der Waals surface area contributed by atoms with Gasteiger partial charge in [0.25, 0.3) is 5.56 Å². The van der Waals surface area contributed by atoms with Gasteiger partial charge < -0.3 is 20.2 Å². The third-order valence-electron chi connectivity index (χ3n) is 3.82. The molecule has 124 valence electrons. The molecule has 3 N–H and O–H groups in total. The van der Waals surface area contributed by atoms with Gasteiger partial charge in [-0.15, -0.1) is 0 Å². The molecule has 1 atom stereocenters. The number of hydrogen-bond donors (Lipinski definition) is 2. The Hall–Kier alpha value is -2.73. The number of methoxy groups -OCH3 is 1. The van der Waals surface area contributed by atoms with Crippen molar-refractivity contribution in [3.8, 4) is 5.75 Å². The Bertz CT molecular complexity index is 917. The topological polar surface area (TPSA) is 94.4 Å². The number of carbonyl (C=O) groups is 1. The summed E-state index contributed by atoms with van der Waals surface area (Å²) in [6.45, 7) is 1.73. The van der Waals surface area contributed by atoms with Crippen LogP contribution in [0.5, 0.6) is 5.75 Å². The van der Waals surface area contributed by atoms with Gasteiger partial charge in [-0.2, -0.15) is 0 Å². The van der Waals surface area contributed by atoms with Crippen molar-refractivity contribution in [2.45, 2.75) is 12.8 Å². The highest BCUT2D eigenvalue weighted by atomic mass is 35.5. The van der Waals surface area contributed by atoms with E-state index in [0.29, 0.717) is 22.0 Å². The second-order valence-electron chi connectivity index (χ2n) is 5.42. The van der Waals surface area contributed by atoms with Gasteiger partial charge in [0.1, 0.15) is 11.3 Å². The molecule has 6 nitrogen and oxygen atoms in total. The first-order valence-electron chi connectivity index (χ1n) is 7.17. The number of pyridine rings is 1. The molecule has 7 heteroatoms. The van der Waals surface area contributed by atoms with Crippen LogP contribution in [0, 0.1) is 6.92 Å². The number of aromatic amines is 1. The van der Waals surface area contributed by atoms with Crippen molar-refractivity contribution in [3.05, 3.63) is 74.0 Å². The Labute approximate surface area is 142 Å². The largest absolute Gasteiger partial charge is 0.465 e. The van der Waals surface area contributed by atoms with Crippen LogP contribution in [0.15, 0.2) is 46.6 Å². The van der Waals surface area contributed by atoms with Gasteiger partial charge in [-0.3, -0.25) is 4.79 Å². The number of aromatic nitrogens is 1. The Kier molecular flexibility index (Phi) is 4.07. The number of esters is 1. The van der Waals surface area contributed by atoms with Crippen molar-refractivity contribution in [3.63, 3.8) is 0 Å². The molecule has 3 rings (SSSR count). The summed E-state index contributed by atoms with van der Waals surface area (Å²) < 4.78 is 10.3. The summed E-state index contributed by atoms with van der Waals surface area (Å²) in [6, 6.07) is 8.54. The first-order valence-corrected chi connectivity index (χ1v) is 7.55. The molecule has 2 heterocycles. The third-order valence-corrected chi connectivity index (χ3v) is 4.05. The predicted octanol–water partition coefficient (Wildman–Crippen LogP) is 2.20. The van der Waals surface area contributed by atoms with E-state index in [0.717, 1.165) is 0 Å². The van der Waals surface area contributed by atoms with E-state index in [9.17, 15) is 9.59 Å². The minimum absolute atomic E-state index is 0.0709. The van der Waals surface area contributed by atoms with Crippen LogP contribution in [0.3, 0.4) is 0 Å². The molecule has 0 saturated carbocycles. The molecule has 0 saturated heterocycles. The van der Waals surface area contributed by atoms with Gasteiger partial charge in [0, 0.05) is 16.8 Å². The van der Waals surface area contributed by atoms with Crippen LogP contribution in [-0.2, 0) is 9.53 Å². The number of hydrogen-bond acceptors (Lipinski definition) is 5. The molecule has 0 amide bonds. The minimum atomic E-state index is -0.732. The molecule has 0 fully saturated rings. The minimum Gasteiger partial charge on any atom is -0.465 e. The zero-order valence-corrected chi connectivity index (χ0v) is 13.8. The van der Waals surface area contributed by atoms with E-state index in [1.807, 2.05) is 0 Å². The second kappa shape index (κ2) is 6.05. The van der Waals surface area contributed by atoms with E-state index >= 15 is 0 Å². The van der Waals surface area contributed by atoms with Crippen molar-refractivity contribution in [2.75, 3.05) is 7.11 Å². The summed E-state index contributed by atoms with van der Waals surface area (Å²) >= 11 is 6.07. The fraction of sp³-hybridized carbons (Fsp3) is 0.176. The highest BCUT2D eigenvalue weighted by Gasteiger charge is 2.37. The first-order chi connectivity index (χ1) is 11.4. The molecule has 1 aliphatic heterocycles. The maximum Gasteiger partial charge on any atom is 0.340 e. The summed E-state index contributed by atoms with van der Waals surface area (Å²) in [5.41, 5.74) is 7.22. The van der Waals surface area contributed by atoms with Gasteiger partial charge in [0.2, 0.25) is 5.88 Å². The maximum atomic E-state index is 12.5. The fourth-order valence-corrected chi connectivity index (χ4v) is 3.03. The molecule has 2 aromatic rings. The van der Waals surface area contributed by atoms with Gasteiger partial charge >= 0.3 is 5.97 Å². The Morgan fingerprint density at radius 1 is 1.38 bits per heavy atom. The molecule has 0 unspecified atom stereocenters. The Balaban J connectivity index is 2.32. The Morgan fingerprint density at radius 3 is 2.79 bits per heavy atom. The van der Waals surface area contributed by atoms with E-state index in [4.69, 9.17) is 26.8 Å². The average Bonchev–Trinajstić information content (AvgIpc) is 2.52. The molecule has 0 aliphatic carbocycles. The summed E-state index contributed by atoms with van der Waals surface area (Å²) in [5, 5.41) is 0.479. The summed E-state index contributed by atoms with van der Waals surface area (Å²) in [6.07, 6.45) is 0. The van der Waals surface area contributed by atoms with Crippen LogP contribution >= 0.6 is 11.6 Å². The highest BCUT2D eigenvalue weighted by Crippen LogP contribution is 2.41. The van der Waals surface area contributed by atoms with Crippen LogP contribution < -0.4 is 16.0 Å². The zero-order chi connectivity index (χ0) is 17.4. The normalized spacial score (nSPS) is 16.4. The van der Waals surface area contributed by atoms with E-state index in [2.05, 4.69) is 4.98 Å². The summed E-state index contributed by atoms with van der Waals surface area (Å²) in [7, 11) is 1.24. The maximum absolute atomic E-state index is 12.5. The number of rotatable bonds is 2. The van der Waals surface area contributed by atoms with Gasteiger partial charge in [-0.25, -0.2) is 4.79 Å². The van der Waals surface area contributed by atoms with Crippen molar-refractivity contribution in [2.24, 2.45) is 5.73 Å². The number of H-pyrrole nitrogens is 1. The smallest absolute Gasteiger partial charge is 0.340 e. The van der Waals surface area contributed by atoms with Gasteiger partial charge in [-0.1, -0.05) is 23.7 Å². The third kappa shape index (κ3) is 2.65. The molecule has 1 aromatic heterocycles. The lowest BCUT2D eigenvalue weighted by atomic mass is 9.83. The van der Waals surface area contributed by atoms with Crippen molar-refractivity contribution in [1.29, 1.82) is 0 Å². The number of fused-ring (bicyclic) bond motifs is 1. The molecular formula is C17H15ClN2O4. The van der Waals surface area contributed by atoms with Gasteiger partial charge in [0.15, 0.2) is 0 Å².